The maximum Gasteiger partial charge on any atom is 0.307 e. The number of hydrogen-bond acceptors (Lipinski definition) is 3. The number of hydrogen-bond donors (Lipinski definition) is 1. The van der Waals surface area contributed by atoms with Gasteiger partial charge >= 0.3 is 5.97 Å². The highest BCUT2D eigenvalue weighted by atomic mass is 16.4. The van der Waals surface area contributed by atoms with Gasteiger partial charge in [0.1, 0.15) is 0 Å². The first kappa shape index (κ1) is 11.9. The molecule has 1 saturated heterocycles. The van der Waals surface area contributed by atoms with E-state index in [4.69, 9.17) is 5.11 Å². The zero-order valence-electron chi connectivity index (χ0n) is 10.1. The van der Waals surface area contributed by atoms with Crippen molar-refractivity contribution in [3.05, 3.63) is 23.5 Å². The number of carboxylic acid groups (broad SMARTS) is 1. The SMILES string of the molecule is Cc1cncc(CC(=O)O)c1N1CCCCC1. The fourth-order valence-corrected chi connectivity index (χ4v) is 2.48. The lowest BCUT2D eigenvalue weighted by molar-refractivity contribution is -0.136. The number of carboxylic acids is 1. The molecule has 0 radical (unpaired) electrons. The van der Waals surface area contributed by atoms with Crippen LogP contribution >= 0.6 is 0 Å². The van der Waals surface area contributed by atoms with Gasteiger partial charge in [-0.15, -0.1) is 0 Å². The van der Waals surface area contributed by atoms with Gasteiger partial charge in [-0.25, -0.2) is 0 Å². The van der Waals surface area contributed by atoms with Gasteiger partial charge in [-0.3, -0.25) is 9.78 Å². The molecule has 1 fully saturated rings. The van der Waals surface area contributed by atoms with E-state index in [0.29, 0.717) is 0 Å². The molecule has 92 valence electrons. The van der Waals surface area contributed by atoms with Gasteiger partial charge in [0, 0.05) is 36.7 Å². The molecule has 0 bridgehead atoms. The summed E-state index contributed by atoms with van der Waals surface area (Å²) in [7, 11) is 0. The van der Waals surface area contributed by atoms with Crippen molar-refractivity contribution in [2.75, 3.05) is 18.0 Å². The van der Waals surface area contributed by atoms with E-state index < -0.39 is 5.97 Å². The predicted molar refractivity (Wildman–Crippen MR) is 66.4 cm³/mol. The van der Waals surface area contributed by atoms with Crippen molar-refractivity contribution < 1.29 is 9.90 Å². The smallest absolute Gasteiger partial charge is 0.307 e. The first-order chi connectivity index (χ1) is 8.18. The van der Waals surface area contributed by atoms with Crippen molar-refractivity contribution in [2.24, 2.45) is 0 Å². The van der Waals surface area contributed by atoms with E-state index in [0.717, 1.165) is 29.9 Å². The molecule has 0 atom stereocenters. The minimum absolute atomic E-state index is 0.0561. The molecule has 1 aromatic heterocycles. The lowest BCUT2D eigenvalue weighted by atomic mass is 10.0. The monoisotopic (exact) mass is 234 g/mol. The van der Waals surface area contributed by atoms with E-state index in [-0.39, 0.29) is 6.42 Å². The number of nitrogens with zero attached hydrogens (tertiary/aromatic N) is 2. The summed E-state index contributed by atoms with van der Waals surface area (Å²) in [6.45, 7) is 4.05. The first-order valence-electron chi connectivity index (χ1n) is 6.08. The number of aromatic nitrogens is 1. The molecule has 0 amide bonds. The Bertz CT molecular complexity index is 412. The molecule has 1 aliphatic rings. The Morgan fingerprint density at radius 2 is 2.06 bits per heavy atom. The van der Waals surface area contributed by atoms with Crippen LogP contribution in [0.1, 0.15) is 30.4 Å². The van der Waals surface area contributed by atoms with Gasteiger partial charge < -0.3 is 10.0 Å². The molecule has 0 unspecified atom stereocenters. The van der Waals surface area contributed by atoms with Crippen LogP contribution in [-0.2, 0) is 11.2 Å². The number of piperidine rings is 1. The summed E-state index contributed by atoms with van der Waals surface area (Å²) in [6, 6.07) is 0. The number of pyridine rings is 1. The van der Waals surface area contributed by atoms with E-state index >= 15 is 0 Å². The van der Waals surface area contributed by atoms with E-state index in [1.165, 1.54) is 19.3 Å². The minimum atomic E-state index is -0.796. The Labute approximate surface area is 101 Å². The number of anilines is 1. The maximum absolute atomic E-state index is 10.9. The highest BCUT2D eigenvalue weighted by molar-refractivity contribution is 5.74. The van der Waals surface area contributed by atoms with Crippen LogP contribution in [0, 0.1) is 6.92 Å². The van der Waals surface area contributed by atoms with Crippen LogP contribution in [0.2, 0.25) is 0 Å². The number of aliphatic carboxylic acids is 1. The summed E-state index contributed by atoms with van der Waals surface area (Å²) in [5.41, 5.74) is 2.99. The van der Waals surface area contributed by atoms with Gasteiger partial charge in [0.2, 0.25) is 0 Å². The van der Waals surface area contributed by atoms with Gasteiger partial charge in [-0.05, 0) is 31.7 Å². The third kappa shape index (κ3) is 2.75. The van der Waals surface area contributed by atoms with Crippen LogP contribution in [0.5, 0.6) is 0 Å². The van der Waals surface area contributed by atoms with Crippen molar-refractivity contribution in [1.29, 1.82) is 0 Å². The van der Waals surface area contributed by atoms with Crippen LogP contribution in [0.25, 0.3) is 0 Å². The molecule has 1 aromatic rings. The maximum atomic E-state index is 10.9. The van der Waals surface area contributed by atoms with Gasteiger partial charge in [-0.2, -0.15) is 0 Å². The highest BCUT2D eigenvalue weighted by Crippen LogP contribution is 2.27. The standard InChI is InChI=1S/C13H18N2O2/c1-10-8-14-9-11(7-12(16)17)13(10)15-5-3-2-4-6-15/h8-9H,2-7H2,1H3,(H,16,17). The average molecular weight is 234 g/mol. The molecule has 1 aliphatic heterocycles. The predicted octanol–water partition coefficient (Wildman–Crippen LogP) is 2.01. The topological polar surface area (TPSA) is 53.4 Å². The quantitative estimate of drug-likeness (QED) is 0.869. The number of rotatable bonds is 3. The van der Waals surface area contributed by atoms with Crippen molar-refractivity contribution in [3.8, 4) is 0 Å². The molecule has 4 nitrogen and oxygen atoms in total. The number of aryl methyl sites for hydroxylation is 1. The Balaban J connectivity index is 2.31. The molecular formula is C13H18N2O2. The summed E-state index contributed by atoms with van der Waals surface area (Å²) in [5, 5.41) is 8.93. The number of carbonyl (C=O) groups is 1. The largest absolute Gasteiger partial charge is 0.481 e. The zero-order valence-corrected chi connectivity index (χ0v) is 10.1. The van der Waals surface area contributed by atoms with E-state index in [9.17, 15) is 4.79 Å². The van der Waals surface area contributed by atoms with Crippen LogP contribution in [-0.4, -0.2) is 29.1 Å². The van der Waals surface area contributed by atoms with Gasteiger partial charge in [0.05, 0.1) is 6.42 Å². The fraction of sp³-hybridized carbons (Fsp3) is 0.538. The third-order valence-corrected chi connectivity index (χ3v) is 3.19. The molecule has 0 aliphatic carbocycles. The fourth-order valence-electron chi connectivity index (χ4n) is 2.48. The molecular weight excluding hydrogens is 216 g/mol. The molecule has 0 spiro atoms. The molecule has 2 rings (SSSR count). The summed E-state index contributed by atoms with van der Waals surface area (Å²) < 4.78 is 0. The molecule has 17 heavy (non-hydrogen) atoms. The van der Waals surface area contributed by atoms with Crippen LogP contribution < -0.4 is 4.90 Å². The normalized spacial score (nSPS) is 15.9. The minimum Gasteiger partial charge on any atom is -0.481 e. The van der Waals surface area contributed by atoms with Crippen LogP contribution in [0.3, 0.4) is 0 Å². The van der Waals surface area contributed by atoms with Crippen LogP contribution in [0.15, 0.2) is 12.4 Å². The molecule has 4 heteroatoms. The second-order valence-corrected chi connectivity index (χ2v) is 4.58. The van der Waals surface area contributed by atoms with Gasteiger partial charge in [-0.1, -0.05) is 0 Å². The van der Waals surface area contributed by atoms with Gasteiger partial charge in [0.15, 0.2) is 0 Å². The Morgan fingerprint density at radius 1 is 1.35 bits per heavy atom. The summed E-state index contributed by atoms with van der Waals surface area (Å²) in [4.78, 5) is 17.3. The molecule has 2 heterocycles. The Hall–Kier alpha value is -1.58. The van der Waals surface area contributed by atoms with Gasteiger partial charge in [0.25, 0.3) is 0 Å². The Morgan fingerprint density at radius 3 is 2.71 bits per heavy atom. The third-order valence-electron chi connectivity index (χ3n) is 3.19. The van der Waals surface area contributed by atoms with E-state index in [1.54, 1.807) is 6.20 Å². The van der Waals surface area contributed by atoms with Crippen molar-refractivity contribution in [2.45, 2.75) is 32.6 Å². The molecule has 0 saturated carbocycles. The summed E-state index contributed by atoms with van der Waals surface area (Å²) in [6.07, 6.45) is 7.21. The van der Waals surface area contributed by atoms with Crippen LogP contribution in [0.4, 0.5) is 5.69 Å². The zero-order chi connectivity index (χ0) is 12.3. The van der Waals surface area contributed by atoms with Crippen molar-refractivity contribution in [3.63, 3.8) is 0 Å². The first-order valence-corrected chi connectivity index (χ1v) is 6.08. The summed E-state index contributed by atoms with van der Waals surface area (Å²) in [5.74, 6) is -0.796. The lowest BCUT2D eigenvalue weighted by Crippen LogP contribution is -2.31. The highest BCUT2D eigenvalue weighted by Gasteiger charge is 2.18. The second-order valence-electron chi connectivity index (χ2n) is 4.58. The lowest BCUT2D eigenvalue weighted by Gasteiger charge is -2.31. The second kappa shape index (κ2) is 5.17. The average Bonchev–Trinajstić information content (AvgIpc) is 2.29. The molecule has 0 aromatic carbocycles. The van der Waals surface area contributed by atoms with E-state index in [2.05, 4.69) is 9.88 Å². The van der Waals surface area contributed by atoms with Crippen molar-refractivity contribution in [1.82, 2.24) is 4.98 Å². The Kier molecular flexibility index (Phi) is 3.61. The molecule has 1 N–H and O–H groups in total. The van der Waals surface area contributed by atoms with Crippen molar-refractivity contribution >= 4 is 11.7 Å². The van der Waals surface area contributed by atoms with E-state index in [1.807, 2.05) is 13.1 Å². The summed E-state index contributed by atoms with van der Waals surface area (Å²) >= 11 is 0.